The van der Waals surface area contributed by atoms with Gasteiger partial charge in [0.25, 0.3) is 0 Å². The van der Waals surface area contributed by atoms with Crippen molar-refractivity contribution in [1.82, 2.24) is 0 Å². The van der Waals surface area contributed by atoms with Crippen molar-refractivity contribution in [3.63, 3.8) is 0 Å². The highest BCUT2D eigenvalue weighted by atomic mass is 16.5. The summed E-state index contributed by atoms with van der Waals surface area (Å²) >= 11 is 0. The lowest BCUT2D eigenvalue weighted by Gasteiger charge is -2.22. The Morgan fingerprint density at radius 2 is 1.61 bits per heavy atom. The summed E-state index contributed by atoms with van der Waals surface area (Å²) in [5.41, 5.74) is -1.06. The average molecular weight is 262 g/mol. The molecule has 5 heteroatoms. The molecule has 0 spiro atoms. The highest BCUT2D eigenvalue weighted by Gasteiger charge is 2.28. The lowest BCUT2D eigenvalue weighted by Crippen LogP contribution is -2.36. The summed E-state index contributed by atoms with van der Waals surface area (Å²) in [6.45, 7) is 14.0. The number of carboxylic acids is 1. The van der Waals surface area contributed by atoms with Crippen LogP contribution in [-0.2, 0) is 14.3 Å². The third-order valence-electron chi connectivity index (χ3n) is 1.63. The number of carbonyl (C=O) groups is 1. The summed E-state index contributed by atoms with van der Waals surface area (Å²) < 4.78 is 10.1. The zero-order valence-electron chi connectivity index (χ0n) is 12.2. The van der Waals surface area contributed by atoms with E-state index in [9.17, 15) is 4.79 Å². The van der Waals surface area contributed by atoms with Crippen LogP contribution in [0.3, 0.4) is 0 Å². The van der Waals surface area contributed by atoms with Crippen LogP contribution < -0.4 is 0 Å². The maximum Gasteiger partial charge on any atom is 0.335 e. The van der Waals surface area contributed by atoms with Gasteiger partial charge in [0.15, 0.2) is 5.60 Å². The molecule has 0 unspecified atom stereocenters. The van der Waals surface area contributed by atoms with Gasteiger partial charge in [0.1, 0.15) is 12.4 Å². The number of aliphatic hydroxyl groups is 1. The van der Waals surface area contributed by atoms with E-state index in [0.717, 1.165) is 0 Å². The first-order valence-corrected chi connectivity index (χ1v) is 5.88. The van der Waals surface area contributed by atoms with Gasteiger partial charge in [0, 0.05) is 0 Å². The summed E-state index contributed by atoms with van der Waals surface area (Å²) in [4.78, 5) is 10.4. The lowest BCUT2D eigenvalue weighted by atomic mass is 10.1. The molecule has 0 aliphatic heterocycles. The molecule has 2 N–H and O–H groups in total. The summed E-state index contributed by atoms with van der Waals surface area (Å²) in [7, 11) is 0. The minimum atomic E-state index is -1.06. The van der Waals surface area contributed by atoms with E-state index in [1.165, 1.54) is 13.8 Å². The minimum Gasteiger partial charge on any atom is -0.510 e. The van der Waals surface area contributed by atoms with E-state index < -0.39 is 11.6 Å². The fraction of sp³-hybridized carbons (Fsp3) is 0.769. The van der Waals surface area contributed by atoms with Crippen LogP contribution in [0, 0.1) is 0 Å². The molecule has 0 aliphatic carbocycles. The molecular formula is C13H26O5. The molecule has 0 atom stereocenters. The highest BCUT2D eigenvalue weighted by molar-refractivity contribution is 5.76. The number of aliphatic carboxylic acids is 1. The molecule has 18 heavy (non-hydrogen) atoms. The second kappa shape index (κ2) is 8.94. The monoisotopic (exact) mass is 262 g/mol. The molecule has 0 aromatic heterocycles. The molecule has 108 valence electrons. The fourth-order valence-corrected chi connectivity index (χ4v) is 0.903. The van der Waals surface area contributed by atoms with Crippen molar-refractivity contribution in [1.29, 1.82) is 0 Å². The number of aliphatic hydroxyl groups excluding tert-OH is 1. The van der Waals surface area contributed by atoms with E-state index in [1.807, 2.05) is 27.7 Å². The molecular weight excluding hydrogens is 236 g/mol. The Hall–Kier alpha value is -1.07. The van der Waals surface area contributed by atoms with E-state index in [1.54, 1.807) is 0 Å². The number of hydrogen-bond acceptors (Lipinski definition) is 4. The van der Waals surface area contributed by atoms with Crippen molar-refractivity contribution >= 4 is 5.97 Å². The van der Waals surface area contributed by atoms with Gasteiger partial charge in [-0.15, -0.1) is 0 Å². The van der Waals surface area contributed by atoms with Gasteiger partial charge in [-0.3, -0.25) is 0 Å². The first kappa shape index (κ1) is 19.3. The van der Waals surface area contributed by atoms with Crippen LogP contribution >= 0.6 is 0 Å². The summed E-state index contributed by atoms with van der Waals surface area (Å²) in [5.74, 6) is -0.847. The van der Waals surface area contributed by atoms with Crippen LogP contribution in [0.5, 0.6) is 0 Å². The molecule has 0 amide bonds. The van der Waals surface area contributed by atoms with Crippen LogP contribution in [0.25, 0.3) is 0 Å². The molecule has 0 fully saturated rings. The van der Waals surface area contributed by atoms with Gasteiger partial charge >= 0.3 is 5.97 Å². The zero-order valence-corrected chi connectivity index (χ0v) is 12.2. The molecule has 0 heterocycles. The Labute approximate surface area is 109 Å². The van der Waals surface area contributed by atoms with E-state index in [0.29, 0.717) is 0 Å². The molecule has 0 aliphatic rings. The van der Waals surface area contributed by atoms with Crippen molar-refractivity contribution < 1.29 is 24.5 Å². The Balaban J connectivity index is 0. The Kier molecular flexibility index (Phi) is 9.57. The van der Waals surface area contributed by atoms with Gasteiger partial charge in [0.2, 0.25) is 0 Å². The van der Waals surface area contributed by atoms with Gasteiger partial charge in [-0.05, 0) is 41.5 Å². The van der Waals surface area contributed by atoms with Crippen LogP contribution in [0.2, 0.25) is 0 Å². The Morgan fingerprint density at radius 3 is 1.72 bits per heavy atom. The molecule has 0 aromatic rings. The second-order valence-corrected chi connectivity index (χ2v) is 4.91. The van der Waals surface area contributed by atoms with E-state index in [-0.39, 0.29) is 24.6 Å². The Morgan fingerprint density at radius 1 is 1.17 bits per heavy atom. The van der Waals surface area contributed by atoms with Gasteiger partial charge < -0.3 is 19.7 Å². The first-order chi connectivity index (χ1) is 7.99. The van der Waals surface area contributed by atoms with E-state index in [2.05, 4.69) is 6.58 Å². The normalized spacial score (nSPS) is 11.1. The quantitative estimate of drug-likeness (QED) is 0.720. The molecule has 0 rings (SSSR count). The lowest BCUT2D eigenvalue weighted by molar-refractivity contribution is -0.165. The number of carboxylic acid groups (broad SMARTS) is 1. The molecule has 0 bridgehead atoms. The molecule has 0 saturated heterocycles. The van der Waals surface area contributed by atoms with Crippen molar-refractivity contribution in [2.45, 2.75) is 59.4 Å². The van der Waals surface area contributed by atoms with Crippen LogP contribution in [0.15, 0.2) is 12.3 Å². The van der Waals surface area contributed by atoms with Crippen LogP contribution in [0.1, 0.15) is 41.5 Å². The van der Waals surface area contributed by atoms with Gasteiger partial charge in [0.05, 0.1) is 12.2 Å². The van der Waals surface area contributed by atoms with Gasteiger partial charge in [-0.1, -0.05) is 6.58 Å². The SMILES string of the molecule is C=C(O)COC(C)C.CC(C)OC(C)(C)C(=O)O. The summed E-state index contributed by atoms with van der Waals surface area (Å²) in [6.07, 6.45) is 0.116. The van der Waals surface area contributed by atoms with Crippen molar-refractivity contribution in [2.24, 2.45) is 0 Å². The number of rotatable bonds is 6. The van der Waals surface area contributed by atoms with Crippen molar-refractivity contribution in [3.05, 3.63) is 12.3 Å². The minimum absolute atomic E-state index is 0.0499. The third kappa shape index (κ3) is 13.0. The predicted octanol–water partition coefficient (Wildman–Crippen LogP) is 2.76. The van der Waals surface area contributed by atoms with E-state index in [4.69, 9.17) is 19.7 Å². The molecule has 0 radical (unpaired) electrons. The predicted molar refractivity (Wildman–Crippen MR) is 70.8 cm³/mol. The van der Waals surface area contributed by atoms with Crippen LogP contribution in [-0.4, -0.2) is 40.6 Å². The Bertz CT molecular complexity index is 256. The van der Waals surface area contributed by atoms with Crippen molar-refractivity contribution in [3.8, 4) is 0 Å². The van der Waals surface area contributed by atoms with Crippen LogP contribution in [0.4, 0.5) is 0 Å². The largest absolute Gasteiger partial charge is 0.510 e. The maximum absolute atomic E-state index is 10.4. The molecule has 0 aromatic carbocycles. The van der Waals surface area contributed by atoms with E-state index >= 15 is 0 Å². The molecule has 5 nitrogen and oxygen atoms in total. The summed E-state index contributed by atoms with van der Waals surface area (Å²) in [5, 5.41) is 17.0. The topological polar surface area (TPSA) is 76.0 Å². The van der Waals surface area contributed by atoms with Gasteiger partial charge in [-0.2, -0.15) is 0 Å². The first-order valence-electron chi connectivity index (χ1n) is 5.88. The second-order valence-electron chi connectivity index (χ2n) is 4.91. The van der Waals surface area contributed by atoms with Gasteiger partial charge in [-0.25, -0.2) is 4.79 Å². The third-order valence-corrected chi connectivity index (χ3v) is 1.63. The standard InChI is InChI=1S/C7H14O3.C6H12O2/c1-5(2)10-7(3,4)6(8)9;1-5(2)8-4-6(3)7/h5H,1-4H3,(H,8,9);5,7H,3-4H2,1-2H3. The fourth-order valence-electron chi connectivity index (χ4n) is 0.903. The maximum atomic E-state index is 10.4. The summed E-state index contributed by atoms with van der Waals surface area (Å²) in [6, 6.07) is 0. The highest BCUT2D eigenvalue weighted by Crippen LogP contribution is 2.11. The zero-order chi connectivity index (χ0) is 14.9. The molecule has 0 saturated carbocycles. The number of hydrogen-bond donors (Lipinski definition) is 2. The smallest absolute Gasteiger partial charge is 0.335 e. The number of ether oxygens (including phenoxy) is 2. The van der Waals surface area contributed by atoms with Crippen molar-refractivity contribution in [2.75, 3.05) is 6.61 Å². The average Bonchev–Trinajstić information content (AvgIpc) is 2.13.